The van der Waals surface area contributed by atoms with Gasteiger partial charge >= 0.3 is 0 Å². The van der Waals surface area contributed by atoms with E-state index in [1.807, 2.05) is 6.92 Å². The first-order valence-electron chi connectivity index (χ1n) is 8.89. The molecule has 6 nitrogen and oxygen atoms in total. The van der Waals surface area contributed by atoms with Crippen molar-refractivity contribution in [3.05, 3.63) is 10.6 Å². The van der Waals surface area contributed by atoms with E-state index in [1.165, 1.54) is 29.3 Å². The van der Waals surface area contributed by atoms with Crippen LogP contribution in [0.25, 0.3) is 0 Å². The standard InChI is InChI=1S/C17H28N4O2S/c1-14-15(24-19-18-14)11-20-8-3-6-17(12-20)7-5-16(22)21(13-17)9-4-10-23-2/h3-13H2,1-2H3/t17-/m0/s1. The van der Waals surface area contributed by atoms with Crippen molar-refractivity contribution in [2.75, 3.05) is 39.9 Å². The van der Waals surface area contributed by atoms with E-state index in [4.69, 9.17) is 4.74 Å². The molecule has 134 valence electrons. The van der Waals surface area contributed by atoms with Crippen LogP contribution in [0.5, 0.6) is 0 Å². The molecule has 0 saturated carbocycles. The van der Waals surface area contributed by atoms with Crippen molar-refractivity contribution in [2.24, 2.45) is 5.41 Å². The smallest absolute Gasteiger partial charge is 0.222 e. The molecule has 1 atom stereocenters. The molecule has 2 aliphatic heterocycles. The molecule has 3 heterocycles. The summed E-state index contributed by atoms with van der Waals surface area (Å²) in [5.41, 5.74) is 1.32. The Morgan fingerprint density at radius 2 is 2.21 bits per heavy atom. The van der Waals surface area contributed by atoms with Crippen molar-refractivity contribution in [1.82, 2.24) is 19.4 Å². The van der Waals surface area contributed by atoms with Crippen molar-refractivity contribution in [1.29, 1.82) is 0 Å². The lowest BCUT2D eigenvalue weighted by atomic mass is 9.73. The highest BCUT2D eigenvalue weighted by molar-refractivity contribution is 7.05. The third-order valence-corrected chi connectivity index (χ3v) is 6.19. The Kier molecular flexibility index (Phi) is 5.84. The second-order valence-electron chi connectivity index (χ2n) is 7.26. The highest BCUT2D eigenvalue weighted by Crippen LogP contribution is 2.39. The van der Waals surface area contributed by atoms with Crippen molar-refractivity contribution in [3.63, 3.8) is 0 Å². The molecule has 1 amide bonds. The van der Waals surface area contributed by atoms with Gasteiger partial charge in [0.05, 0.1) is 10.6 Å². The number of hydrogen-bond acceptors (Lipinski definition) is 6. The van der Waals surface area contributed by atoms with Crippen LogP contribution in [0.3, 0.4) is 0 Å². The number of amides is 1. The van der Waals surface area contributed by atoms with Gasteiger partial charge < -0.3 is 9.64 Å². The average molecular weight is 353 g/mol. The molecule has 1 aromatic heterocycles. The number of ether oxygens (including phenoxy) is 1. The maximum atomic E-state index is 12.3. The number of carbonyl (C=O) groups excluding carboxylic acids is 1. The van der Waals surface area contributed by atoms with Gasteiger partial charge in [0.15, 0.2) is 0 Å². The Labute approximate surface area is 148 Å². The fraction of sp³-hybridized carbons (Fsp3) is 0.824. The normalized spacial score (nSPS) is 25.6. The molecule has 7 heteroatoms. The lowest BCUT2D eigenvalue weighted by Gasteiger charge is -2.48. The van der Waals surface area contributed by atoms with E-state index in [0.29, 0.717) is 12.3 Å². The summed E-state index contributed by atoms with van der Waals surface area (Å²) in [4.78, 5) is 18.1. The van der Waals surface area contributed by atoms with Crippen LogP contribution in [-0.4, -0.2) is 65.2 Å². The molecule has 0 aromatic carbocycles. The van der Waals surface area contributed by atoms with Crippen LogP contribution >= 0.6 is 11.5 Å². The largest absolute Gasteiger partial charge is 0.385 e. The number of rotatable bonds is 6. The Bertz CT molecular complexity index is 565. The van der Waals surface area contributed by atoms with Crippen LogP contribution in [0.1, 0.15) is 42.7 Å². The van der Waals surface area contributed by atoms with Crippen LogP contribution in [-0.2, 0) is 16.1 Å². The van der Waals surface area contributed by atoms with Gasteiger partial charge in [-0.25, -0.2) is 0 Å². The first kappa shape index (κ1) is 17.8. The number of piperidine rings is 2. The second-order valence-corrected chi connectivity index (χ2v) is 8.10. The van der Waals surface area contributed by atoms with E-state index in [9.17, 15) is 4.79 Å². The van der Waals surface area contributed by atoms with Crippen LogP contribution in [0.15, 0.2) is 0 Å². The molecule has 0 N–H and O–H groups in total. The van der Waals surface area contributed by atoms with Gasteiger partial charge in [0.25, 0.3) is 0 Å². The minimum atomic E-state index is 0.269. The van der Waals surface area contributed by atoms with Crippen LogP contribution in [0.2, 0.25) is 0 Å². The Balaban J connectivity index is 1.61. The first-order chi connectivity index (χ1) is 11.6. The summed E-state index contributed by atoms with van der Waals surface area (Å²) in [5.74, 6) is 0.316. The number of carbonyl (C=O) groups is 1. The van der Waals surface area contributed by atoms with Gasteiger partial charge in [-0.1, -0.05) is 4.49 Å². The lowest BCUT2D eigenvalue weighted by Crippen LogP contribution is -2.54. The topological polar surface area (TPSA) is 58.6 Å². The third-order valence-electron chi connectivity index (χ3n) is 5.38. The maximum absolute atomic E-state index is 12.3. The predicted molar refractivity (Wildman–Crippen MR) is 93.9 cm³/mol. The molecule has 0 radical (unpaired) electrons. The zero-order valence-electron chi connectivity index (χ0n) is 14.8. The Morgan fingerprint density at radius 3 is 2.96 bits per heavy atom. The number of methoxy groups -OCH3 is 1. The van der Waals surface area contributed by atoms with Crippen molar-refractivity contribution >= 4 is 17.4 Å². The van der Waals surface area contributed by atoms with E-state index in [1.54, 1.807) is 7.11 Å². The molecule has 0 aliphatic carbocycles. The summed E-state index contributed by atoms with van der Waals surface area (Å²) in [6, 6.07) is 0. The molecule has 0 bridgehead atoms. The number of likely N-dealkylation sites (tertiary alicyclic amines) is 2. The summed E-state index contributed by atoms with van der Waals surface area (Å²) in [6.07, 6.45) is 5.10. The molecule has 24 heavy (non-hydrogen) atoms. The molecule has 0 unspecified atom stereocenters. The first-order valence-corrected chi connectivity index (χ1v) is 9.66. The van der Waals surface area contributed by atoms with Gasteiger partial charge in [-0.15, -0.1) is 5.10 Å². The third kappa shape index (κ3) is 4.13. The minimum absolute atomic E-state index is 0.269. The molecule has 2 fully saturated rings. The molecular weight excluding hydrogens is 324 g/mol. The molecule has 3 rings (SSSR count). The fourth-order valence-corrected chi connectivity index (χ4v) is 4.76. The second kappa shape index (κ2) is 7.89. The van der Waals surface area contributed by atoms with Gasteiger partial charge in [-0.05, 0) is 50.7 Å². The quantitative estimate of drug-likeness (QED) is 0.734. The van der Waals surface area contributed by atoms with E-state index < -0.39 is 0 Å². The highest BCUT2D eigenvalue weighted by Gasteiger charge is 2.41. The Morgan fingerprint density at radius 1 is 1.33 bits per heavy atom. The van der Waals surface area contributed by atoms with Gasteiger partial charge in [-0.3, -0.25) is 9.69 Å². The molecule has 1 spiro atoms. The summed E-state index contributed by atoms with van der Waals surface area (Å²) >= 11 is 1.51. The van der Waals surface area contributed by atoms with E-state index in [2.05, 4.69) is 19.4 Å². The monoisotopic (exact) mass is 352 g/mol. The van der Waals surface area contributed by atoms with E-state index >= 15 is 0 Å². The summed E-state index contributed by atoms with van der Waals surface area (Å²) < 4.78 is 9.19. The van der Waals surface area contributed by atoms with Crippen molar-refractivity contribution < 1.29 is 9.53 Å². The molecular formula is C17H28N4O2S. The van der Waals surface area contributed by atoms with E-state index in [-0.39, 0.29) is 5.41 Å². The lowest BCUT2D eigenvalue weighted by molar-refractivity contribution is -0.139. The molecule has 2 saturated heterocycles. The van der Waals surface area contributed by atoms with Gasteiger partial charge in [0.1, 0.15) is 0 Å². The zero-order valence-corrected chi connectivity index (χ0v) is 15.6. The molecule has 1 aromatic rings. The summed E-state index contributed by atoms with van der Waals surface area (Å²) in [5, 5.41) is 4.13. The van der Waals surface area contributed by atoms with Crippen molar-refractivity contribution in [2.45, 2.75) is 45.6 Å². The van der Waals surface area contributed by atoms with Gasteiger partial charge in [0, 0.05) is 51.7 Å². The number of hydrogen-bond donors (Lipinski definition) is 0. The maximum Gasteiger partial charge on any atom is 0.222 e. The van der Waals surface area contributed by atoms with Crippen molar-refractivity contribution in [3.8, 4) is 0 Å². The van der Waals surface area contributed by atoms with Crippen LogP contribution in [0, 0.1) is 12.3 Å². The predicted octanol–water partition coefficient (Wildman–Crippen LogP) is 2.09. The zero-order chi connectivity index (χ0) is 17.0. The highest BCUT2D eigenvalue weighted by atomic mass is 32.1. The number of aryl methyl sites for hydroxylation is 1. The Hall–Kier alpha value is -1.05. The minimum Gasteiger partial charge on any atom is -0.385 e. The average Bonchev–Trinajstić information content (AvgIpc) is 2.97. The van der Waals surface area contributed by atoms with Gasteiger partial charge in [0.2, 0.25) is 5.91 Å². The fourth-order valence-electron chi connectivity index (χ4n) is 4.08. The van der Waals surface area contributed by atoms with Gasteiger partial charge in [-0.2, -0.15) is 0 Å². The summed E-state index contributed by atoms with van der Waals surface area (Å²) in [7, 11) is 1.72. The number of aromatic nitrogens is 2. The number of nitrogens with zero attached hydrogens (tertiary/aromatic N) is 4. The summed E-state index contributed by atoms with van der Waals surface area (Å²) in [6.45, 7) is 7.66. The van der Waals surface area contributed by atoms with E-state index in [0.717, 1.165) is 57.9 Å². The molecule has 2 aliphatic rings. The van der Waals surface area contributed by atoms with Crippen LogP contribution < -0.4 is 0 Å². The van der Waals surface area contributed by atoms with Crippen LogP contribution in [0.4, 0.5) is 0 Å². The SMILES string of the molecule is COCCCN1C[C@@]2(CCCN(Cc3snnc3C)C2)CCC1=O.